The van der Waals surface area contributed by atoms with Crippen molar-refractivity contribution in [3.8, 4) is 0 Å². The van der Waals surface area contributed by atoms with Crippen molar-refractivity contribution in [1.82, 2.24) is 20.4 Å². The van der Waals surface area contributed by atoms with Gasteiger partial charge in [-0.15, -0.1) is 0 Å². The molecule has 2 amide bonds. The van der Waals surface area contributed by atoms with Crippen LogP contribution in [0, 0.1) is 0 Å². The third kappa shape index (κ3) is 3.16. The minimum absolute atomic E-state index is 0.0223. The molecule has 2 N–H and O–H groups in total. The van der Waals surface area contributed by atoms with Gasteiger partial charge in [0.25, 0.3) is 11.8 Å². The van der Waals surface area contributed by atoms with Crippen LogP contribution in [-0.4, -0.2) is 60.1 Å². The van der Waals surface area contributed by atoms with E-state index >= 15 is 0 Å². The molecule has 1 saturated heterocycles. The molecule has 1 aliphatic rings. The molecule has 1 fully saturated rings. The normalized spacial score (nSPS) is 16.8. The van der Waals surface area contributed by atoms with Crippen molar-refractivity contribution < 1.29 is 9.59 Å². The van der Waals surface area contributed by atoms with Crippen molar-refractivity contribution in [2.24, 2.45) is 0 Å². The Kier molecular flexibility index (Phi) is 4.61. The summed E-state index contributed by atoms with van der Waals surface area (Å²) in [5.41, 5.74) is 1.81. The molecule has 0 saturated carbocycles. The number of aromatic nitrogens is 2. The van der Waals surface area contributed by atoms with E-state index in [1.807, 2.05) is 7.05 Å². The van der Waals surface area contributed by atoms with E-state index in [-0.39, 0.29) is 17.9 Å². The summed E-state index contributed by atoms with van der Waals surface area (Å²) in [5.74, 6) is -0.172. The second-order valence-corrected chi connectivity index (χ2v) is 5.96. The molecule has 7 heteroatoms. The van der Waals surface area contributed by atoms with Crippen LogP contribution >= 0.6 is 0 Å². The number of anilines is 1. The van der Waals surface area contributed by atoms with E-state index in [0.29, 0.717) is 16.8 Å². The molecule has 2 heterocycles. The zero-order valence-electron chi connectivity index (χ0n) is 13.8. The molecule has 126 valence electrons. The molecule has 1 aliphatic heterocycles. The van der Waals surface area contributed by atoms with E-state index in [1.54, 1.807) is 48.6 Å². The second kappa shape index (κ2) is 6.84. The monoisotopic (exact) mass is 327 g/mol. The molecule has 0 aliphatic carbocycles. The maximum atomic E-state index is 12.5. The van der Waals surface area contributed by atoms with Gasteiger partial charge in [-0.3, -0.25) is 14.7 Å². The largest absolute Gasteiger partial charge is 0.337 e. The number of likely N-dealkylation sites (N-methyl/N-ethyl adjacent to an activating group) is 1. The van der Waals surface area contributed by atoms with Crippen molar-refractivity contribution in [3.05, 3.63) is 47.8 Å². The Hall–Kier alpha value is -2.67. The zero-order chi connectivity index (χ0) is 17.1. The highest BCUT2D eigenvalue weighted by molar-refractivity contribution is 6.06. The molecule has 1 atom stereocenters. The topological polar surface area (TPSA) is 81.3 Å². The number of H-pyrrole nitrogens is 1. The minimum Gasteiger partial charge on any atom is -0.337 e. The number of nitrogens with zero attached hydrogens (tertiary/aromatic N) is 3. The van der Waals surface area contributed by atoms with Gasteiger partial charge in [0.15, 0.2) is 0 Å². The molecule has 24 heavy (non-hydrogen) atoms. The maximum Gasteiger partial charge on any atom is 0.258 e. The number of rotatable bonds is 4. The van der Waals surface area contributed by atoms with E-state index in [1.165, 1.54) is 4.90 Å². The molecule has 0 spiro atoms. The summed E-state index contributed by atoms with van der Waals surface area (Å²) in [4.78, 5) is 28.3. The zero-order valence-corrected chi connectivity index (χ0v) is 13.8. The molecule has 1 unspecified atom stereocenters. The Labute approximate surface area is 140 Å². The molecule has 0 bridgehead atoms. The van der Waals surface area contributed by atoms with Crippen molar-refractivity contribution in [3.63, 3.8) is 0 Å². The predicted octanol–water partition coefficient (Wildman–Crippen LogP) is 1.12. The lowest BCUT2D eigenvalue weighted by molar-refractivity contribution is 0.0743. The van der Waals surface area contributed by atoms with Crippen LogP contribution in [0.15, 0.2) is 36.7 Å². The number of carbonyl (C=O) groups is 2. The summed E-state index contributed by atoms with van der Waals surface area (Å²) in [5, 5.41) is 9.78. The fourth-order valence-electron chi connectivity index (χ4n) is 2.83. The van der Waals surface area contributed by atoms with Crippen LogP contribution < -0.4 is 10.2 Å². The standard InChI is InChI=1S/C17H21N5O2/c1-21(14-7-8-18-9-14)16(23)12-3-5-13(6-4-12)17(24)22(2)15-10-19-20-11-15/h3-6,10-11,14,18H,7-9H2,1-2H3,(H,19,20). The highest BCUT2D eigenvalue weighted by atomic mass is 16.2. The van der Waals surface area contributed by atoms with Gasteiger partial charge < -0.3 is 15.1 Å². The number of hydrogen-bond donors (Lipinski definition) is 2. The predicted molar refractivity (Wildman–Crippen MR) is 91.1 cm³/mol. The fraction of sp³-hybridized carbons (Fsp3) is 0.353. The van der Waals surface area contributed by atoms with E-state index in [2.05, 4.69) is 15.5 Å². The number of nitrogens with one attached hydrogen (secondary N) is 2. The summed E-state index contributed by atoms with van der Waals surface area (Å²) < 4.78 is 0. The quantitative estimate of drug-likeness (QED) is 0.882. The van der Waals surface area contributed by atoms with Crippen LogP contribution in [0.2, 0.25) is 0 Å². The third-order valence-electron chi connectivity index (χ3n) is 4.46. The van der Waals surface area contributed by atoms with E-state index in [0.717, 1.165) is 19.5 Å². The van der Waals surface area contributed by atoms with E-state index < -0.39 is 0 Å². The molecular weight excluding hydrogens is 306 g/mol. The summed E-state index contributed by atoms with van der Waals surface area (Å²) >= 11 is 0. The fourth-order valence-corrected chi connectivity index (χ4v) is 2.83. The number of aromatic amines is 1. The molecule has 3 rings (SSSR count). The number of hydrogen-bond acceptors (Lipinski definition) is 4. The van der Waals surface area contributed by atoms with Crippen LogP contribution in [0.3, 0.4) is 0 Å². The average Bonchev–Trinajstić information content (AvgIpc) is 3.32. The van der Waals surface area contributed by atoms with Crippen molar-refractivity contribution in [2.75, 3.05) is 32.1 Å². The van der Waals surface area contributed by atoms with Gasteiger partial charge in [0, 0.05) is 44.0 Å². The smallest absolute Gasteiger partial charge is 0.258 e. The van der Waals surface area contributed by atoms with Crippen LogP contribution in [0.1, 0.15) is 27.1 Å². The van der Waals surface area contributed by atoms with Gasteiger partial charge in [0.1, 0.15) is 0 Å². The molecule has 1 aromatic heterocycles. The van der Waals surface area contributed by atoms with Gasteiger partial charge in [0.05, 0.1) is 11.9 Å². The lowest BCUT2D eigenvalue weighted by Gasteiger charge is -2.24. The van der Waals surface area contributed by atoms with E-state index in [9.17, 15) is 9.59 Å². The summed E-state index contributed by atoms with van der Waals surface area (Å²) in [6.45, 7) is 1.77. The first-order valence-electron chi connectivity index (χ1n) is 7.92. The molecule has 0 radical (unpaired) electrons. The van der Waals surface area contributed by atoms with Crippen LogP contribution in [0.25, 0.3) is 0 Å². The van der Waals surface area contributed by atoms with Gasteiger partial charge >= 0.3 is 0 Å². The first-order chi connectivity index (χ1) is 11.6. The Bertz CT molecular complexity index is 705. The Balaban J connectivity index is 1.70. The number of benzene rings is 1. The minimum atomic E-state index is -0.149. The second-order valence-electron chi connectivity index (χ2n) is 5.96. The van der Waals surface area contributed by atoms with Gasteiger partial charge in [-0.25, -0.2) is 0 Å². The lowest BCUT2D eigenvalue weighted by Crippen LogP contribution is -2.38. The molecule has 2 aromatic rings. The lowest BCUT2D eigenvalue weighted by atomic mass is 10.1. The highest BCUT2D eigenvalue weighted by Gasteiger charge is 2.24. The summed E-state index contributed by atoms with van der Waals surface area (Å²) in [7, 11) is 3.51. The first-order valence-corrected chi connectivity index (χ1v) is 7.92. The number of carbonyl (C=O) groups excluding carboxylic acids is 2. The first kappa shape index (κ1) is 16.2. The average molecular weight is 327 g/mol. The van der Waals surface area contributed by atoms with Crippen LogP contribution in [0.5, 0.6) is 0 Å². The third-order valence-corrected chi connectivity index (χ3v) is 4.46. The Morgan fingerprint density at radius 3 is 2.33 bits per heavy atom. The van der Waals surface area contributed by atoms with Gasteiger partial charge in [-0.2, -0.15) is 5.10 Å². The Morgan fingerprint density at radius 1 is 1.12 bits per heavy atom. The number of amides is 2. The van der Waals surface area contributed by atoms with Crippen molar-refractivity contribution >= 4 is 17.5 Å². The molecule has 7 nitrogen and oxygen atoms in total. The SMILES string of the molecule is CN(C(=O)c1ccc(C(=O)N(C)C2CCNC2)cc1)c1cn[nH]c1. The summed E-state index contributed by atoms with van der Waals surface area (Å²) in [6, 6.07) is 7.01. The Morgan fingerprint density at radius 2 is 1.79 bits per heavy atom. The maximum absolute atomic E-state index is 12.5. The van der Waals surface area contributed by atoms with Crippen LogP contribution in [0.4, 0.5) is 5.69 Å². The van der Waals surface area contributed by atoms with Gasteiger partial charge in [-0.05, 0) is 37.2 Å². The summed E-state index contributed by atoms with van der Waals surface area (Å²) in [6.07, 6.45) is 4.20. The highest BCUT2D eigenvalue weighted by Crippen LogP contribution is 2.16. The van der Waals surface area contributed by atoms with Crippen molar-refractivity contribution in [2.45, 2.75) is 12.5 Å². The molecular formula is C17H21N5O2. The van der Waals surface area contributed by atoms with Gasteiger partial charge in [-0.1, -0.05) is 0 Å². The van der Waals surface area contributed by atoms with Crippen LogP contribution in [-0.2, 0) is 0 Å². The van der Waals surface area contributed by atoms with Gasteiger partial charge in [0.2, 0.25) is 0 Å². The van der Waals surface area contributed by atoms with E-state index in [4.69, 9.17) is 0 Å². The van der Waals surface area contributed by atoms with Crippen molar-refractivity contribution in [1.29, 1.82) is 0 Å². The molecule has 1 aromatic carbocycles.